The first-order chi connectivity index (χ1) is 8.25. The molecule has 3 heteroatoms. The van der Waals surface area contributed by atoms with Crippen molar-refractivity contribution in [3.63, 3.8) is 0 Å². The van der Waals surface area contributed by atoms with Crippen LogP contribution in [0.3, 0.4) is 0 Å². The summed E-state index contributed by atoms with van der Waals surface area (Å²) in [6.45, 7) is 3.66. The Kier molecular flexibility index (Phi) is 4.54. The van der Waals surface area contributed by atoms with Gasteiger partial charge in [-0.2, -0.15) is 0 Å². The molecular formula is C14H21NO2. The zero-order valence-corrected chi connectivity index (χ0v) is 10.3. The molecule has 0 unspecified atom stereocenters. The number of rotatable bonds is 4. The van der Waals surface area contributed by atoms with Crippen molar-refractivity contribution in [2.75, 3.05) is 13.1 Å². The van der Waals surface area contributed by atoms with E-state index < -0.39 is 0 Å². The van der Waals surface area contributed by atoms with Crippen molar-refractivity contribution in [1.82, 2.24) is 5.32 Å². The quantitative estimate of drug-likeness (QED) is 0.828. The van der Waals surface area contributed by atoms with Crippen molar-refractivity contribution in [3.8, 4) is 0 Å². The van der Waals surface area contributed by atoms with Gasteiger partial charge in [0.2, 0.25) is 0 Å². The second-order valence-corrected chi connectivity index (χ2v) is 4.74. The monoisotopic (exact) mass is 235 g/mol. The van der Waals surface area contributed by atoms with Crippen molar-refractivity contribution in [2.45, 2.75) is 38.1 Å². The lowest BCUT2D eigenvalue weighted by Crippen LogP contribution is -2.48. The Balaban J connectivity index is 1.79. The first-order valence-corrected chi connectivity index (χ1v) is 6.34. The standard InChI is InChI=1S/C14H21NO2/c1-11-9-15-10-14(17-11)13(16)8-7-12-5-3-2-4-6-12/h2-6,11,13-16H,7-10H2,1H3/t11-,13-,14-/m1/s1. The van der Waals surface area contributed by atoms with Gasteiger partial charge in [-0.15, -0.1) is 0 Å². The number of benzene rings is 1. The zero-order valence-electron chi connectivity index (χ0n) is 10.3. The lowest BCUT2D eigenvalue weighted by molar-refractivity contribution is -0.0897. The summed E-state index contributed by atoms with van der Waals surface area (Å²) in [5.41, 5.74) is 1.27. The number of ether oxygens (including phenoxy) is 1. The van der Waals surface area contributed by atoms with Crippen LogP contribution in [0, 0.1) is 0 Å². The van der Waals surface area contributed by atoms with Crippen LogP contribution < -0.4 is 5.32 Å². The summed E-state index contributed by atoms with van der Waals surface area (Å²) in [4.78, 5) is 0. The average molecular weight is 235 g/mol. The minimum atomic E-state index is -0.384. The van der Waals surface area contributed by atoms with Crippen molar-refractivity contribution in [1.29, 1.82) is 0 Å². The fourth-order valence-electron chi connectivity index (χ4n) is 2.20. The molecule has 0 spiro atoms. The molecule has 2 rings (SSSR count). The van der Waals surface area contributed by atoms with E-state index in [1.54, 1.807) is 0 Å². The summed E-state index contributed by atoms with van der Waals surface area (Å²) in [6.07, 6.45) is 1.40. The molecule has 1 saturated heterocycles. The van der Waals surface area contributed by atoms with Crippen LogP contribution in [0.2, 0.25) is 0 Å². The highest BCUT2D eigenvalue weighted by Crippen LogP contribution is 2.13. The first kappa shape index (κ1) is 12.6. The lowest BCUT2D eigenvalue weighted by Gasteiger charge is -2.32. The van der Waals surface area contributed by atoms with Gasteiger partial charge in [0, 0.05) is 13.1 Å². The summed E-state index contributed by atoms with van der Waals surface area (Å²) in [5.74, 6) is 0. The second-order valence-electron chi connectivity index (χ2n) is 4.74. The molecule has 1 aliphatic heterocycles. The number of aliphatic hydroxyl groups is 1. The molecule has 0 saturated carbocycles. The van der Waals surface area contributed by atoms with E-state index in [0.717, 1.165) is 25.9 Å². The van der Waals surface area contributed by atoms with Crippen molar-refractivity contribution >= 4 is 0 Å². The third kappa shape index (κ3) is 3.80. The highest BCUT2D eigenvalue weighted by molar-refractivity contribution is 5.14. The predicted octanol–water partition coefficient (Wildman–Crippen LogP) is 1.36. The van der Waals surface area contributed by atoms with Gasteiger partial charge in [-0.1, -0.05) is 30.3 Å². The molecule has 0 aliphatic carbocycles. The van der Waals surface area contributed by atoms with Crippen LogP contribution in [0.4, 0.5) is 0 Å². The molecule has 3 nitrogen and oxygen atoms in total. The van der Waals surface area contributed by atoms with Gasteiger partial charge in [0.25, 0.3) is 0 Å². The van der Waals surface area contributed by atoms with Gasteiger partial charge in [0.1, 0.15) is 0 Å². The Morgan fingerprint density at radius 1 is 1.35 bits per heavy atom. The van der Waals surface area contributed by atoms with Gasteiger partial charge in [0.15, 0.2) is 0 Å². The van der Waals surface area contributed by atoms with Gasteiger partial charge in [0.05, 0.1) is 18.3 Å². The summed E-state index contributed by atoms with van der Waals surface area (Å²) in [6, 6.07) is 10.3. The maximum absolute atomic E-state index is 10.1. The fraction of sp³-hybridized carbons (Fsp3) is 0.571. The molecule has 1 aromatic carbocycles. The van der Waals surface area contributed by atoms with Gasteiger partial charge in [-0.05, 0) is 25.3 Å². The van der Waals surface area contributed by atoms with E-state index in [1.165, 1.54) is 5.56 Å². The Hall–Kier alpha value is -0.900. The van der Waals surface area contributed by atoms with Crippen LogP contribution in [0.1, 0.15) is 18.9 Å². The molecular weight excluding hydrogens is 214 g/mol. The molecule has 0 aromatic heterocycles. The van der Waals surface area contributed by atoms with Crippen LogP contribution in [0.15, 0.2) is 30.3 Å². The molecule has 1 aromatic rings. The largest absolute Gasteiger partial charge is 0.390 e. The second kappa shape index (κ2) is 6.15. The molecule has 2 N–H and O–H groups in total. The maximum atomic E-state index is 10.1. The number of hydrogen-bond acceptors (Lipinski definition) is 3. The van der Waals surface area contributed by atoms with Gasteiger partial charge in [-0.25, -0.2) is 0 Å². The van der Waals surface area contributed by atoms with Crippen molar-refractivity contribution in [2.24, 2.45) is 0 Å². The fourth-order valence-corrected chi connectivity index (χ4v) is 2.20. The van der Waals surface area contributed by atoms with E-state index in [0.29, 0.717) is 0 Å². The molecule has 3 atom stereocenters. The average Bonchev–Trinajstić information content (AvgIpc) is 2.37. The molecule has 17 heavy (non-hydrogen) atoms. The molecule has 1 aliphatic rings. The summed E-state index contributed by atoms with van der Waals surface area (Å²) in [7, 11) is 0. The van der Waals surface area contributed by atoms with Crippen LogP contribution in [-0.2, 0) is 11.2 Å². The van der Waals surface area contributed by atoms with Crippen LogP contribution >= 0.6 is 0 Å². The highest BCUT2D eigenvalue weighted by Gasteiger charge is 2.25. The van der Waals surface area contributed by atoms with Crippen molar-refractivity contribution < 1.29 is 9.84 Å². The Morgan fingerprint density at radius 3 is 2.82 bits per heavy atom. The molecule has 1 heterocycles. The minimum Gasteiger partial charge on any atom is -0.390 e. The lowest BCUT2D eigenvalue weighted by atomic mass is 10.0. The van der Waals surface area contributed by atoms with Crippen LogP contribution in [0.5, 0.6) is 0 Å². The van der Waals surface area contributed by atoms with Gasteiger partial charge >= 0.3 is 0 Å². The van der Waals surface area contributed by atoms with Crippen LogP contribution in [0.25, 0.3) is 0 Å². The summed E-state index contributed by atoms with van der Waals surface area (Å²) >= 11 is 0. The minimum absolute atomic E-state index is 0.0672. The number of aliphatic hydroxyl groups excluding tert-OH is 1. The van der Waals surface area contributed by atoms with E-state index >= 15 is 0 Å². The van der Waals surface area contributed by atoms with Crippen LogP contribution in [-0.4, -0.2) is 36.5 Å². The number of aryl methyl sites for hydroxylation is 1. The van der Waals surface area contributed by atoms with E-state index in [1.807, 2.05) is 25.1 Å². The number of nitrogens with one attached hydrogen (secondary N) is 1. The molecule has 0 radical (unpaired) electrons. The first-order valence-electron chi connectivity index (χ1n) is 6.34. The van der Waals surface area contributed by atoms with E-state index in [4.69, 9.17) is 4.74 Å². The third-order valence-electron chi connectivity index (χ3n) is 3.19. The molecule has 94 valence electrons. The normalized spacial score (nSPS) is 26.7. The van der Waals surface area contributed by atoms with Gasteiger partial charge in [-0.3, -0.25) is 0 Å². The third-order valence-corrected chi connectivity index (χ3v) is 3.19. The van der Waals surface area contributed by atoms with E-state index in [-0.39, 0.29) is 18.3 Å². The Bertz CT molecular complexity index is 328. The summed E-state index contributed by atoms with van der Waals surface area (Å²) in [5, 5.41) is 13.4. The van der Waals surface area contributed by atoms with E-state index in [2.05, 4.69) is 17.4 Å². The maximum Gasteiger partial charge on any atom is 0.0962 e. The van der Waals surface area contributed by atoms with E-state index in [9.17, 15) is 5.11 Å². The zero-order chi connectivity index (χ0) is 12.1. The molecule has 0 bridgehead atoms. The number of hydrogen-bond donors (Lipinski definition) is 2. The molecule has 0 amide bonds. The predicted molar refractivity (Wildman–Crippen MR) is 68.0 cm³/mol. The SMILES string of the molecule is C[C@@H]1CNC[C@H]([C@H](O)CCc2ccccc2)O1. The number of morpholine rings is 1. The highest BCUT2D eigenvalue weighted by atomic mass is 16.5. The molecule has 1 fully saturated rings. The topological polar surface area (TPSA) is 41.5 Å². The van der Waals surface area contributed by atoms with Gasteiger partial charge < -0.3 is 15.2 Å². The van der Waals surface area contributed by atoms with Crippen molar-refractivity contribution in [3.05, 3.63) is 35.9 Å². The smallest absolute Gasteiger partial charge is 0.0962 e. The summed E-state index contributed by atoms with van der Waals surface area (Å²) < 4.78 is 5.72. The Labute approximate surface area is 103 Å². The Morgan fingerprint density at radius 2 is 2.12 bits per heavy atom.